The fourth-order valence-electron chi connectivity index (χ4n) is 3.41. The summed E-state index contributed by atoms with van der Waals surface area (Å²) >= 11 is 0. The second kappa shape index (κ2) is 8.58. The zero-order valence-corrected chi connectivity index (χ0v) is 17.8. The molecule has 2 aromatic heterocycles. The highest BCUT2D eigenvalue weighted by Gasteiger charge is 2.20. The first-order valence-corrected chi connectivity index (χ1v) is 9.99. The number of anilines is 1. The Balaban J connectivity index is 1.64. The van der Waals surface area contributed by atoms with Crippen molar-refractivity contribution in [2.24, 2.45) is 0 Å². The minimum Gasteiger partial charge on any atom is -0.333 e. The Kier molecular flexibility index (Phi) is 5.68. The number of rotatable bonds is 5. The number of nitrogens with one attached hydrogen (secondary N) is 1. The van der Waals surface area contributed by atoms with Crippen molar-refractivity contribution >= 4 is 11.6 Å². The molecule has 0 spiro atoms. The van der Waals surface area contributed by atoms with Crippen molar-refractivity contribution < 1.29 is 13.7 Å². The lowest BCUT2D eigenvalue weighted by molar-refractivity contribution is -0.116. The molecule has 0 radical (unpaired) electrons. The molecule has 4 aromatic rings. The number of pyridine rings is 1. The topological polar surface area (TPSA) is 90.0 Å². The second-order valence-corrected chi connectivity index (χ2v) is 7.58. The maximum absolute atomic E-state index is 13.2. The third-order valence-electron chi connectivity index (χ3n) is 5.08. The summed E-state index contributed by atoms with van der Waals surface area (Å²) in [5, 5.41) is 6.71. The van der Waals surface area contributed by atoms with E-state index in [0.29, 0.717) is 22.5 Å². The van der Waals surface area contributed by atoms with E-state index < -0.39 is 5.56 Å². The minimum atomic E-state index is -0.407. The number of carbonyl (C=O) groups excluding carboxylic acids is 1. The van der Waals surface area contributed by atoms with E-state index in [1.807, 2.05) is 19.1 Å². The second-order valence-electron chi connectivity index (χ2n) is 7.58. The number of hydrogen-bond acceptors (Lipinski definition) is 5. The molecule has 8 heteroatoms. The molecule has 2 aromatic carbocycles. The SMILES string of the molecule is Cc1ccc(NC(=O)Cn2c(C)cc(C)c(-c3nc(-c4ccc(F)cc4)no3)c2=O)cc1. The minimum absolute atomic E-state index is 0.0412. The zero-order chi connectivity index (χ0) is 22.8. The van der Waals surface area contributed by atoms with E-state index in [4.69, 9.17) is 4.52 Å². The van der Waals surface area contributed by atoms with E-state index in [-0.39, 0.29) is 35.5 Å². The van der Waals surface area contributed by atoms with Crippen molar-refractivity contribution in [3.63, 3.8) is 0 Å². The number of nitrogens with zero attached hydrogens (tertiary/aromatic N) is 3. The Hall–Kier alpha value is -4.07. The van der Waals surface area contributed by atoms with Gasteiger partial charge in [-0.1, -0.05) is 22.9 Å². The van der Waals surface area contributed by atoms with Crippen LogP contribution in [0.25, 0.3) is 22.8 Å². The molecule has 7 nitrogen and oxygen atoms in total. The van der Waals surface area contributed by atoms with E-state index in [9.17, 15) is 14.0 Å². The molecule has 1 amide bonds. The van der Waals surface area contributed by atoms with Crippen molar-refractivity contribution in [3.8, 4) is 22.8 Å². The van der Waals surface area contributed by atoms with Crippen LogP contribution >= 0.6 is 0 Å². The number of amides is 1. The number of aryl methyl sites for hydroxylation is 3. The molecule has 1 N–H and O–H groups in total. The fraction of sp³-hybridized carbons (Fsp3) is 0.167. The molecule has 32 heavy (non-hydrogen) atoms. The predicted octanol–water partition coefficient (Wildman–Crippen LogP) is 4.27. The molecule has 0 atom stereocenters. The maximum atomic E-state index is 13.2. The van der Waals surface area contributed by atoms with Gasteiger partial charge in [0, 0.05) is 16.9 Å². The van der Waals surface area contributed by atoms with Crippen molar-refractivity contribution in [2.45, 2.75) is 27.3 Å². The standard InChI is InChI=1S/C24H21FN4O3/c1-14-4-10-19(11-5-14)26-20(30)13-29-16(3)12-15(2)21(24(29)31)23-27-22(28-32-23)17-6-8-18(25)9-7-17/h4-12H,13H2,1-3H3,(H,26,30). The summed E-state index contributed by atoms with van der Waals surface area (Å²) in [6.07, 6.45) is 0. The summed E-state index contributed by atoms with van der Waals surface area (Å²) in [5.41, 5.74) is 3.39. The van der Waals surface area contributed by atoms with Crippen LogP contribution in [0.15, 0.2) is 63.9 Å². The average molecular weight is 432 g/mol. The molecular weight excluding hydrogens is 411 g/mol. The Morgan fingerprint density at radius 1 is 1.06 bits per heavy atom. The van der Waals surface area contributed by atoms with Crippen molar-refractivity contribution in [1.29, 1.82) is 0 Å². The molecule has 0 aliphatic carbocycles. The number of hydrogen-bond donors (Lipinski definition) is 1. The van der Waals surface area contributed by atoms with E-state index in [0.717, 1.165) is 5.56 Å². The summed E-state index contributed by atoms with van der Waals surface area (Å²) < 4.78 is 19.9. The lowest BCUT2D eigenvalue weighted by Crippen LogP contribution is -2.30. The normalized spacial score (nSPS) is 10.9. The van der Waals surface area contributed by atoms with Gasteiger partial charge >= 0.3 is 0 Å². The average Bonchev–Trinajstić information content (AvgIpc) is 3.23. The van der Waals surface area contributed by atoms with Crippen LogP contribution < -0.4 is 10.9 Å². The van der Waals surface area contributed by atoms with Gasteiger partial charge < -0.3 is 14.4 Å². The largest absolute Gasteiger partial charge is 0.333 e. The molecule has 0 bridgehead atoms. The van der Waals surface area contributed by atoms with Crippen LogP contribution in [0.4, 0.5) is 10.1 Å². The van der Waals surface area contributed by atoms with Gasteiger partial charge in [0.2, 0.25) is 11.7 Å². The molecule has 4 rings (SSSR count). The lowest BCUT2D eigenvalue weighted by Gasteiger charge is -2.13. The zero-order valence-electron chi connectivity index (χ0n) is 17.8. The highest BCUT2D eigenvalue weighted by atomic mass is 19.1. The monoisotopic (exact) mass is 432 g/mol. The number of benzene rings is 2. The van der Waals surface area contributed by atoms with Gasteiger partial charge in [-0.25, -0.2) is 4.39 Å². The number of halogens is 1. The van der Waals surface area contributed by atoms with Crippen LogP contribution in [-0.4, -0.2) is 20.6 Å². The van der Waals surface area contributed by atoms with Gasteiger partial charge in [0.15, 0.2) is 0 Å². The highest BCUT2D eigenvalue weighted by molar-refractivity contribution is 5.90. The van der Waals surface area contributed by atoms with E-state index >= 15 is 0 Å². The first-order chi connectivity index (χ1) is 15.3. The maximum Gasteiger partial charge on any atom is 0.264 e. The predicted molar refractivity (Wildman–Crippen MR) is 119 cm³/mol. The molecule has 0 aliphatic rings. The molecule has 162 valence electrons. The van der Waals surface area contributed by atoms with Gasteiger partial charge in [-0.05, 0) is 68.8 Å². The van der Waals surface area contributed by atoms with Crippen molar-refractivity contribution in [3.05, 3.63) is 87.6 Å². The Morgan fingerprint density at radius 3 is 2.44 bits per heavy atom. The Labute approximate surface area is 183 Å². The van der Waals surface area contributed by atoms with Gasteiger partial charge in [0.25, 0.3) is 11.4 Å². The van der Waals surface area contributed by atoms with Gasteiger partial charge in [-0.2, -0.15) is 4.98 Å². The molecule has 2 heterocycles. The van der Waals surface area contributed by atoms with Crippen molar-refractivity contribution in [1.82, 2.24) is 14.7 Å². The molecule has 0 aliphatic heterocycles. The van der Waals surface area contributed by atoms with Gasteiger partial charge in [-0.3, -0.25) is 9.59 Å². The first-order valence-electron chi connectivity index (χ1n) is 9.99. The smallest absolute Gasteiger partial charge is 0.264 e. The number of carbonyl (C=O) groups is 1. The van der Waals surface area contributed by atoms with Crippen LogP contribution in [-0.2, 0) is 11.3 Å². The quantitative estimate of drug-likeness (QED) is 0.509. The van der Waals surface area contributed by atoms with Gasteiger partial charge in [-0.15, -0.1) is 0 Å². The van der Waals surface area contributed by atoms with Gasteiger partial charge in [0.1, 0.15) is 17.9 Å². The summed E-state index contributed by atoms with van der Waals surface area (Å²) in [7, 11) is 0. The fourth-order valence-corrected chi connectivity index (χ4v) is 3.41. The molecular formula is C24H21FN4O3. The van der Waals surface area contributed by atoms with Crippen LogP contribution in [0, 0.1) is 26.6 Å². The highest BCUT2D eigenvalue weighted by Crippen LogP contribution is 2.23. The Bertz CT molecular complexity index is 1340. The van der Waals surface area contributed by atoms with E-state index in [2.05, 4.69) is 15.5 Å². The van der Waals surface area contributed by atoms with E-state index in [1.165, 1.54) is 28.8 Å². The van der Waals surface area contributed by atoms with Gasteiger partial charge in [0.05, 0.1) is 0 Å². The van der Waals surface area contributed by atoms with Crippen LogP contribution in [0.1, 0.15) is 16.8 Å². The molecule has 0 fully saturated rings. The van der Waals surface area contributed by atoms with Crippen LogP contribution in [0.5, 0.6) is 0 Å². The van der Waals surface area contributed by atoms with Crippen LogP contribution in [0.3, 0.4) is 0 Å². The summed E-state index contributed by atoms with van der Waals surface area (Å²) in [6.45, 7) is 5.32. The summed E-state index contributed by atoms with van der Waals surface area (Å²) in [5.74, 6) is -0.424. The third kappa shape index (κ3) is 4.34. The lowest BCUT2D eigenvalue weighted by atomic mass is 10.1. The molecule has 0 saturated carbocycles. The molecule has 0 saturated heterocycles. The van der Waals surface area contributed by atoms with E-state index in [1.54, 1.807) is 32.0 Å². The third-order valence-corrected chi connectivity index (χ3v) is 5.08. The van der Waals surface area contributed by atoms with Crippen molar-refractivity contribution in [2.75, 3.05) is 5.32 Å². The number of aromatic nitrogens is 3. The Morgan fingerprint density at radius 2 is 1.75 bits per heavy atom. The first kappa shape index (κ1) is 21.2. The summed E-state index contributed by atoms with van der Waals surface area (Å²) in [6, 6.07) is 14.8. The summed E-state index contributed by atoms with van der Waals surface area (Å²) in [4.78, 5) is 30.1. The van der Waals surface area contributed by atoms with Crippen LogP contribution in [0.2, 0.25) is 0 Å². The molecule has 0 unspecified atom stereocenters.